The molecule has 1 aromatic carbocycles. The van der Waals surface area contributed by atoms with Crippen molar-refractivity contribution in [2.45, 2.75) is 0 Å². The Balaban J connectivity index is 1.31. The lowest BCUT2D eigenvalue weighted by atomic mass is 10.3. The molecular weight excluding hydrogens is 400 g/mol. The van der Waals surface area contributed by atoms with Crippen molar-refractivity contribution in [3.05, 3.63) is 30.6 Å². The Morgan fingerprint density at radius 1 is 0.966 bits per heavy atom. The number of rotatable bonds is 4. The second-order valence-corrected chi connectivity index (χ2v) is 8.57. The molecule has 2 aliphatic rings. The highest BCUT2D eigenvalue weighted by molar-refractivity contribution is 7.86. The average Bonchev–Trinajstić information content (AvgIpc) is 3.30. The van der Waals surface area contributed by atoms with E-state index in [9.17, 15) is 13.2 Å². The number of morpholine rings is 1. The molecule has 0 radical (unpaired) electrons. The molecule has 1 N–H and O–H groups in total. The zero-order chi connectivity index (χ0) is 20.3. The van der Waals surface area contributed by atoms with Gasteiger partial charge in [-0.3, -0.25) is 0 Å². The van der Waals surface area contributed by atoms with E-state index in [1.807, 2.05) is 0 Å². The Kier molecular flexibility index (Phi) is 5.71. The molecule has 12 nitrogen and oxygen atoms in total. The summed E-state index contributed by atoms with van der Waals surface area (Å²) in [6, 6.07) is 6.84. The van der Waals surface area contributed by atoms with Crippen molar-refractivity contribution in [1.82, 2.24) is 33.7 Å². The predicted molar refractivity (Wildman–Crippen MR) is 103 cm³/mol. The SMILES string of the molecule is O=C(Nc1ccc(-n2cnnn2)cc1)N1CCN(S(=O)(=O)N2CCOCC2)CC1. The van der Waals surface area contributed by atoms with E-state index < -0.39 is 10.2 Å². The minimum atomic E-state index is -3.51. The lowest BCUT2D eigenvalue weighted by molar-refractivity contribution is 0.0691. The van der Waals surface area contributed by atoms with E-state index in [4.69, 9.17) is 4.74 Å². The van der Waals surface area contributed by atoms with Crippen LogP contribution in [0.4, 0.5) is 10.5 Å². The van der Waals surface area contributed by atoms with Gasteiger partial charge in [-0.2, -0.15) is 17.0 Å². The number of tetrazole rings is 1. The van der Waals surface area contributed by atoms with Gasteiger partial charge in [0.1, 0.15) is 6.33 Å². The predicted octanol–water partition coefficient (Wildman–Crippen LogP) is -0.611. The topological polar surface area (TPSA) is 126 Å². The number of urea groups is 1. The van der Waals surface area contributed by atoms with Gasteiger partial charge < -0.3 is 15.0 Å². The molecular formula is C16H22N8O4S. The van der Waals surface area contributed by atoms with Crippen molar-refractivity contribution >= 4 is 21.9 Å². The fraction of sp³-hybridized carbons (Fsp3) is 0.500. The molecule has 0 bridgehead atoms. The lowest BCUT2D eigenvalue weighted by Crippen LogP contribution is -2.56. The highest BCUT2D eigenvalue weighted by atomic mass is 32.2. The third kappa shape index (κ3) is 4.37. The number of anilines is 1. The summed E-state index contributed by atoms with van der Waals surface area (Å²) >= 11 is 0. The Labute approximate surface area is 168 Å². The molecule has 0 spiro atoms. The lowest BCUT2D eigenvalue weighted by Gasteiger charge is -2.37. The van der Waals surface area contributed by atoms with Gasteiger partial charge in [0.2, 0.25) is 0 Å². The highest BCUT2D eigenvalue weighted by Crippen LogP contribution is 2.16. The Morgan fingerprint density at radius 3 is 2.24 bits per heavy atom. The molecule has 1 aromatic heterocycles. The third-order valence-corrected chi connectivity index (χ3v) is 6.92. The van der Waals surface area contributed by atoms with Crippen molar-refractivity contribution in [2.75, 3.05) is 57.8 Å². The zero-order valence-corrected chi connectivity index (χ0v) is 16.5. The summed E-state index contributed by atoms with van der Waals surface area (Å²) in [6.07, 6.45) is 1.48. The number of aromatic nitrogens is 4. The van der Waals surface area contributed by atoms with E-state index in [0.29, 0.717) is 45.1 Å². The molecule has 2 aromatic rings. The summed E-state index contributed by atoms with van der Waals surface area (Å²) in [6.45, 7) is 2.75. The zero-order valence-electron chi connectivity index (χ0n) is 15.7. The van der Waals surface area contributed by atoms with Gasteiger partial charge in [0.05, 0.1) is 18.9 Å². The normalized spacial score (nSPS) is 19.2. The molecule has 2 aliphatic heterocycles. The summed E-state index contributed by atoms with van der Waals surface area (Å²) in [5.74, 6) is 0. The van der Waals surface area contributed by atoms with Gasteiger partial charge in [-0.15, -0.1) is 5.10 Å². The van der Waals surface area contributed by atoms with Gasteiger partial charge in [-0.05, 0) is 34.7 Å². The van der Waals surface area contributed by atoms with Crippen LogP contribution in [-0.2, 0) is 14.9 Å². The van der Waals surface area contributed by atoms with E-state index in [-0.39, 0.29) is 19.1 Å². The maximum atomic E-state index is 12.7. The number of ether oxygens (including phenoxy) is 1. The first-order chi connectivity index (χ1) is 14.0. The number of nitrogens with one attached hydrogen (secondary N) is 1. The summed E-state index contributed by atoms with van der Waals surface area (Å²) < 4.78 is 35.0. The first kappa shape index (κ1) is 19.7. The molecule has 2 fully saturated rings. The molecule has 13 heteroatoms. The summed E-state index contributed by atoms with van der Waals surface area (Å²) in [5, 5.41) is 13.8. The number of hydrogen-bond acceptors (Lipinski definition) is 7. The van der Waals surface area contributed by atoms with Crippen LogP contribution in [-0.4, -0.2) is 101 Å². The quantitative estimate of drug-likeness (QED) is 0.696. The van der Waals surface area contributed by atoms with Crippen LogP contribution < -0.4 is 5.32 Å². The average molecular weight is 422 g/mol. The number of piperazine rings is 1. The van der Waals surface area contributed by atoms with Crippen molar-refractivity contribution < 1.29 is 17.9 Å². The number of nitrogens with zero attached hydrogens (tertiary/aromatic N) is 7. The van der Waals surface area contributed by atoms with Gasteiger partial charge in [-0.25, -0.2) is 9.48 Å². The Bertz CT molecular complexity index is 920. The van der Waals surface area contributed by atoms with E-state index in [2.05, 4.69) is 20.8 Å². The van der Waals surface area contributed by atoms with Crippen LogP contribution in [0.1, 0.15) is 0 Å². The minimum Gasteiger partial charge on any atom is -0.379 e. The van der Waals surface area contributed by atoms with E-state index in [0.717, 1.165) is 5.69 Å². The summed E-state index contributed by atoms with van der Waals surface area (Å²) in [7, 11) is -3.51. The fourth-order valence-corrected chi connectivity index (χ4v) is 4.80. The molecule has 3 heterocycles. The summed E-state index contributed by atoms with van der Waals surface area (Å²) in [4.78, 5) is 14.1. The van der Waals surface area contributed by atoms with Gasteiger partial charge in [0.25, 0.3) is 10.2 Å². The molecule has 0 unspecified atom stereocenters. The maximum Gasteiger partial charge on any atom is 0.321 e. The third-order valence-electron chi connectivity index (χ3n) is 4.88. The van der Waals surface area contributed by atoms with E-state index in [1.54, 1.807) is 29.2 Å². The standard InChI is InChI=1S/C16H22N8O4S/c25-16(18-14-1-3-15(4-2-14)24-13-17-19-20-24)21-5-7-22(8-6-21)29(26,27)23-9-11-28-12-10-23/h1-4,13H,5-12H2,(H,18,25). The van der Waals surface area contributed by atoms with Gasteiger partial charge in [0.15, 0.2) is 0 Å². The minimum absolute atomic E-state index is 0.261. The molecule has 4 rings (SSSR count). The van der Waals surface area contributed by atoms with Crippen LogP contribution >= 0.6 is 0 Å². The van der Waals surface area contributed by atoms with Gasteiger partial charge in [0, 0.05) is 45.0 Å². The second kappa shape index (κ2) is 8.41. The summed E-state index contributed by atoms with van der Waals surface area (Å²) in [5.41, 5.74) is 1.41. The van der Waals surface area contributed by atoms with Crippen LogP contribution in [0.3, 0.4) is 0 Å². The van der Waals surface area contributed by atoms with Crippen molar-refractivity contribution in [2.24, 2.45) is 0 Å². The Morgan fingerprint density at radius 2 is 1.62 bits per heavy atom. The smallest absolute Gasteiger partial charge is 0.321 e. The van der Waals surface area contributed by atoms with E-state index in [1.165, 1.54) is 19.6 Å². The molecule has 0 saturated carbocycles. The van der Waals surface area contributed by atoms with Crippen molar-refractivity contribution in [3.8, 4) is 5.69 Å². The number of benzene rings is 1. The Hall–Kier alpha value is -2.61. The maximum absolute atomic E-state index is 12.7. The van der Waals surface area contributed by atoms with E-state index >= 15 is 0 Å². The number of carbonyl (C=O) groups is 1. The molecule has 156 valence electrons. The molecule has 2 amide bonds. The first-order valence-corrected chi connectivity index (χ1v) is 10.7. The molecule has 29 heavy (non-hydrogen) atoms. The second-order valence-electron chi connectivity index (χ2n) is 6.64. The van der Waals surface area contributed by atoms with Gasteiger partial charge >= 0.3 is 6.03 Å². The van der Waals surface area contributed by atoms with Crippen LogP contribution in [0, 0.1) is 0 Å². The van der Waals surface area contributed by atoms with Crippen LogP contribution in [0.5, 0.6) is 0 Å². The molecule has 0 atom stereocenters. The monoisotopic (exact) mass is 422 g/mol. The fourth-order valence-electron chi connectivity index (χ4n) is 3.24. The van der Waals surface area contributed by atoms with Crippen LogP contribution in [0.2, 0.25) is 0 Å². The highest BCUT2D eigenvalue weighted by Gasteiger charge is 2.34. The number of hydrogen-bond donors (Lipinski definition) is 1. The number of carbonyl (C=O) groups excluding carboxylic acids is 1. The van der Waals surface area contributed by atoms with Crippen molar-refractivity contribution in [3.63, 3.8) is 0 Å². The van der Waals surface area contributed by atoms with Crippen LogP contribution in [0.25, 0.3) is 5.69 Å². The first-order valence-electron chi connectivity index (χ1n) is 9.26. The van der Waals surface area contributed by atoms with Crippen molar-refractivity contribution in [1.29, 1.82) is 0 Å². The van der Waals surface area contributed by atoms with Crippen LogP contribution in [0.15, 0.2) is 30.6 Å². The molecule has 0 aliphatic carbocycles. The molecule has 2 saturated heterocycles. The number of amides is 2. The largest absolute Gasteiger partial charge is 0.379 e. The van der Waals surface area contributed by atoms with Gasteiger partial charge in [-0.1, -0.05) is 0 Å².